The summed E-state index contributed by atoms with van der Waals surface area (Å²) in [7, 11) is 0. The highest BCUT2D eigenvalue weighted by atomic mass is 35.5. The fourth-order valence-corrected chi connectivity index (χ4v) is 2.27. The van der Waals surface area contributed by atoms with Crippen LogP contribution in [0.1, 0.15) is 16.5 Å². The Labute approximate surface area is 116 Å². The Bertz CT molecular complexity index is 494. The van der Waals surface area contributed by atoms with Crippen molar-refractivity contribution < 1.29 is 0 Å². The fourth-order valence-electron chi connectivity index (χ4n) is 1.65. The topological polar surface area (TPSA) is 0 Å². The first-order chi connectivity index (χ1) is 8.16. The molecular weight excluding hydrogens is 275 g/mol. The van der Waals surface area contributed by atoms with Crippen molar-refractivity contribution in [3.05, 3.63) is 69.7 Å². The van der Waals surface area contributed by atoms with Crippen molar-refractivity contribution in [3.8, 4) is 0 Å². The van der Waals surface area contributed by atoms with Gasteiger partial charge in [-0.2, -0.15) is 0 Å². The van der Waals surface area contributed by atoms with Gasteiger partial charge in [0.25, 0.3) is 0 Å². The van der Waals surface area contributed by atoms with Crippen molar-refractivity contribution >= 4 is 34.8 Å². The van der Waals surface area contributed by atoms with Crippen LogP contribution in [0.3, 0.4) is 0 Å². The van der Waals surface area contributed by atoms with E-state index < -0.39 is 0 Å². The summed E-state index contributed by atoms with van der Waals surface area (Å²) in [6.45, 7) is 0. The molecule has 3 heteroatoms. The minimum atomic E-state index is -0.0906. The van der Waals surface area contributed by atoms with Crippen LogP contribution in [0.25, 0.3) is 0 Å². The predicted octanol–water partition coefficient (Wildman–Crippen LogP) is 5.52. The average Bonchev–Trinajstić information content (AvgIpc) is 2.34. The molecule has 0 aliphatic rings. The molecule has 1 unspecified atom stereocenters. The second kappa shape index (κ2) is 5.77. The third-order valence-corrected chi connectivity index (χ3v) is 3.71. The smallest absolute Gasteiger partial charge is 0.0626 e. The van der Waals surface area contributed by atoms with Gasteiger partial charge in [-0.05, 0) is 29.7 Å². The number of hydrogen-bond donors (Lipinski definition) is 0. The first kappa shape index (κ1) is 12.8. The van der Waals surface area contributed by atoms with Gasteiger partial charge in [0.2, 0.25) is 0 Å². The lowest BCUT2D eigenvalue weighted by molar-refractivity contribution is 0.920. The Kier molecular flexibility index (Phi) is 4.33. The Morgan fingerprint density at radius 2 is 1.59 bits per heavy atom. The standard InChI is InChI=1S/C14H11Cl3/c15-12-7-6-11(9-14(12)17)13(16)8-10-4-2-1-3-5-10/h1-7,9,13H,8H2. The van der Waals surface area contributed by atoms with E-state index >= 15 is 0 Å². The third-order valence-electron chi connectivity index (χ3n) is 2.56. The van der Waals surface area contributed by atoms with E-state index in [2.05, 4.69) is 12.1 Å². The van der Waals surface area contributed by atoms with Crippen molar-refractivity contribution in [1.82, 2.24) is 0 Å². The van der Waals surface area contributed by atoms with Crippen molar-refractivity contribution in [1.29, 1.82) is 0 Å². The van der Waals surface area contributed by atoms with E-state index in [4.69, 9.17) is 34.8 Å². The van der Waals surface area contributed by atoms with Crippen molar-refractivity contribution in [2.75, 3.05) is 0 Å². The zero-order chi connectivity index (χ0) is 12.3. The van der Waals surface area contributed by atoms with E-state index in [1.54, 1.807) is 6.07 Å². The summed E-state index contributed by atoms with van der Waals surface area (Å²) in [4.78, 5) is 0. The van der Waals surface area contributed by atoms with E-state index in [9.17, 15) is 0 Å². The fraction of sp³-hybridized carbons (Fsp3) is 0.143. The SMILES string of the molecule is Clc1ccc(C(Cl)Cc2ccccc2)cc1Cl. The van der Waals surface area contributed by atoms with Crippen LogP contribution in [0.4, 0.5) is 0 Å². The Morgan fingerprint density at radius 1 is 0.882 bits per heavy atom. The molecule has 0 aromatic heterocycles. The summed E-state index contributed by atoms with van der Waals surface area (Å²) < 4.78 is 0. The summed E-state index contributed by atoms with van der Waals surface area (Å²) in [6.07, 6.45) is 0.778. The first-order valence-electron chi connectivity index (χ1n) is 5.30. The Balaban J connectivity index is 2.14. The molecular formula is C14H11Cl3. The highest BCUT2D eigenvalue weighted by Crippen LogP contribution is 2.30. The summed E-state index contributed by atoms with van der Waals surface area (Å²) in [6, 6.07) is 15.6. The maximum absolute atomic E-state index is 6.36. The van der Waals surface area contributed by atoms with Crippen LogP contribution in [0, 0.1) is 0 Å². The molecule has 2 rings (SSSR count). The van der Waals surface area contributed by atoms with Gasteiger partial charge in [0, 0.05) is 0 Å². The minimum absolute atomic E-state index is 0.0906. The molecule has 17 heavy (non-hydrogen) atoms. The largest absolute Gasteiger partial charge is 0.117 e. The van der Waals surface area contributed by atoms with E-state index in [-0.39, 0.29) is 5.38 Å². The van der Waals surface area contributed by atoms with Crippen molar-refractivity contribution in [2.45, 2.75) is 11.8 Å². The van der Waals surface area contributed by atoms with E-state index in [0.717, 1.165) is 12.0 Å². The molecule has 0 amide bonds. The van der Waals surface area contributed by atoms with Crippen LogP contribution < -0.4 is 0 Å². The van der Waals surface area contributed by atoms with Gasteiger partial charge in [0.1, 0.15) is 0 Å². The van der Waals surface area contributed by atoms with Gasteiger partial charge in [0.05, 0.1) is 15.4 Å². The van der Waals surface area contributed by atoms with Gasteiger partial charge in [-0.1, -0.05) is 59.6 Å². The number of rotatable bonds is 3. The number of halogens is 3. The second-order valence-electron chi connectivity index (χ2n) is 3.83. The van der Waals surface area contributed by atoms with Crippen LogP contribution in [0.15, 0.2) is 48.5 Å². The molecule has 0 spiro atoms. The molecule has 1 atom stereocenters. The quantitative estimate of drug-likeness (QED) is 0.652. The zero-order valence-electron chi connectivity index (χ0n) is 9.04. The summed E-state index contributed by atoms with van der Waals surface area (Å²) in [5.41, 5.74) is 2.20. The van der Waals surface area contributed by atoms with E-state index in [0.29, 0.717) is 10.0 Å². The molecule has 0 heterocycles. The molecule has 0 N–H and O–H groups in total. The van der Waals surface area contributed by atoms with E-state index in [1.165, 1.54) is 5.56 Å². The molecule has 0 radical (unpaired) electrons. The third kappa shape index (κ3) is 3.38. The van der Waals surface area contributed by atoms with Gasteiger partial charge in [-0.25, -0.2) is 0 Å². The maximum Gasteiger partial charge on any atom is 0.0626 e. The highest BCUT2D eigenvalue weighted by Gasteiger charge is 2.10. The lowest BCUT2D eigenvalue weighted by Crippen LogP contribution is -1.95. The molecule has 0 bridgehead atoms. The highest BCUT2D eigenvalue weighted by molar-refractivity contribution is 6.42. The van der Waals surface area contributed by atoms with Crippen LogP contribution in [0.2, 0.25) is 10.0 Å². The van der Waals surface area contributed by atoms with Crippen LogP contribution in [-0.2, 0) is 6.42 Å². The molecule has 0 nitrogen and oxygen atoms in total. The van der Waals surface area contributed by atoms with Gasteiger partial charge in [0.15, 0.2) is 0 Å². The van der Waals surface area contributed by atoms with Crippen LogP contribution in [-0.4, -0.2) is 0 Å². The predicted molar refractivity (Wildman–Crippen MR) is 75.2 cm³/mol. The molecule has 0 saturated heterocycles. The zero-order valence-corrected chi connectivity index (χ0v) is 11.3. The molecule has 0 saturated carbocycles. The minimum Gasteiger partial charge on any atom is -0.117 e. The average molecular weight is 286 g/mol. The molecule has 0 aliphatic carbocycles. The normalized spacial score (nSPS) is 12.4. The van der Waals surface area contributed by atoms with Crippen molar-refractivity contribution in [3.63, 3.8) is 0 Å². The lowest BCUT2D eigenvalue weighted by atomic mass is 10.0. The molecule has 2 aromatic rings. The van der Waals surface area contributed by atoms with Crippen molar-refractivity contribution in [2.24, 2.45) is 0 Å². The maximum atomic E-state index is 6.36. The van der Waals surface area contributed by atoms with E-state index in [1.807, 2.05) is 30.3 Å². The van der Waals surface area contributed by atoms with Gasteiger partial charge in [-0.15, -0.1) is 11.6 Å². The molecule has 0 fully saturated rings. The van der Waals surface area contributed by atoms with Gasteiger partial charge < -0.3 is 0 Å². The summed E-state index contributed by atoms with van der Waals surface area (Å²) in [5.74, 6) is 0. The Hall–Kier alpha value is -0.690. The molecule has 0 aliphatic heterocycles. The van der Waals surface area contributed by atoms with Gasteiger partial charge in [-0.3, -0.25) is 0 Å². The molecule has 2 aromatic carbocycles. The van der Waals surface area contributed by atoms with Gasteiger partial charge >= 0.3 is 0 Å². The monoisotopic (exact) mass is 284 g/mol. The summed E-state index contributed by atoms with van der Waals surface area (Å²) in [5, 5.41) is 1.01. The molecule has 88 valence electrons. The number of alkyl halides is 1. The lowest BCUT2D eigenvalue weighted by Gasteiger charge is -2.10. The number of benzene rings is 2. The van der Waals surface area contributed by atoms with Crippen LogP contribution >= 0.6 is 34.8 Å². The first-order valence-corrected chi connectivity index (χ1v) is 6.49. The second-order valence-corrected chi connectivity index (χ2v) is 5.17. The van der Waals surface area contributed by atoms with Crippen LogP contribution in [0.5, 0.6) is 0 Å². The Morgan fingerprint density at radius 3 is 2.24 bits per heavy atom. The number of hydrogen-bond acceptors (Lipinski definition) is 0. The summed E-state index contributed by atoms with van der Waals surface area (Å²) >= 11 is 18.2.